The first-order valence-electron chi connectivity index (χ1n) is 9.99. The third-order valence-corrected chi connectivity index (χ3v) is 5.86. The van der Waals surface area contributed by atoms with Gasteiger partial charge in [0.15, 0.2) is 12.2 Å². The first-order chi connectivity index (χ1) is 15.0. The van der Waals surface area contributed by atoms with Gasteiger partial charge in [-0.15, -0.1) is 11.8 Å². The van der Waals surface area contributed by atoms with Gasteiger partial charge in [-0.3, -0.25) is 0 Å². The molecule has 0 spiro atoms. The van der Waals surface area contributed by atoms with Crippen molar-refractivity contribution >= 4 is 23.7 Å². The van der Waals surface area contributed by atoms with E-state index in [1.807, 2.05) is 37.3 Å². The number of hydrogen-bond acceptors (Lipinski definition) is 8. The molecule has 1 heterocycles. The average Bonchev–Trinajstić information content (AvgIpc) is 2.81. The molecule has 5 atom stereocenters. The summed E-state index contributed by atoms with van der Waals surface area (Å²) in [5.41, 5.74) is 0.531. The number of hydrogen-bond donors (Lipinski definition) is 1. The Morgan fingerprint density at radius 2 is 1.68 bits per heavy atom. The van der Waals surface area contributed by atoms with Crippen molar-refractivity contribution in [3.05, 3.63) is 71.8 Å². The summed E-state index contributed by atoms with van der Waals surface area (Å²) in [7, 11) is 1.22. The topological polar surface area (TPSA) is 91.3 Å². The summed E-state index contributed by atoms with van der Waals surface area (Å²) in [6.07, 6.45) is -4.55. The quantitative estimate of drug-likeness (QED) is 0.619. The second-order valence-corrected chi connectivity index (χ2v) is 8.27. The lowest BCUT2D eigenvalue weighted by atomic mass is 9.99. The van der Waals surface area contributed by atoms with E-state index in [9.17, 15) is 14.7 Å². The van der Waals surface area contributed by atoms with Crippen molar-refractivity contribution in [1.82, 2.24) is 0 Å². The van der Waals surface area contributed by atoms with Gasteiger partial charge in [0.05, 0.1) is 19.3 Å². The van der Waals surface area contributed by atoms with E-state index in [1.165, 1.54) is 18.9 Å². The lowest BCUT2D eigenvalue weighted by molar-refractivity contribution is -0.224. The zero-order valence-corrected chi connectivity index (χ0v) is 18.2. The summed E-state index contributed by atoms with van der Waals surface area (Å²) in [5, 5.41) is 10.9. The minimum Gasteiger partial charge on any atom is -0.467 e. The van der Waals surface area contributed by atoms with E-state index in [4.69, 9.17) is 18.9 Å². The molecule has 0 bridgehead atoms. The molecule has 1 saturated heterocycles. The minimum absolute atomic E-state index is 0.166. The lowest BCUT2D eigenvalue weighted by Crippen LogP contribution is -2.61. The predicted molar refractivity (Wildman–Crippen MR) is 115 cm³/mol. The maximum atomic E-state index is 12.7. The SMILES string of the molecule is CCSC1O[C@H](C(=O)OC)[C@@H](O)[C@H](OCc2ccccc2)[C@H]1OC(=O)c1ccccc1. The molecule has 31 heavy (non-hydrogen) atoms. The van der Waals surface area contributed by atoms with E-state index in [1.54, 1.807) is 30.3 Å². The van der Waals surface area contributed by atoms with Crippen LogP contribution in [0.1, 0.15) is 22.8 Å². The molecule has 1 unspecified atom stereocenters. The van der Waals surface area contributed by atoms with E-state index < -0.39 is 41.8 Å². The van der Waals surface area contributed by atoms with Crippen LogP contribution in [-0.4, -0.2) is 59.8 Å². The standard InChI is InChI=1S/C23H26O7S/c1-3-31-23-20(29-21(25)16-12-8-5-9-13-16)18(17(24)19(30-23)22(26)27-2)28-14-15-10-6-4-7-11-15/h4-13,17-20,23-24H,3,14H2,1-2H3/t17-,18-,19-,20+,23?/m0/s1. The Hall–Kier alpha value is -2.39. The van der Waals surface area contributed by atoms with E-state index in [-0.39, 0.29) is 6.61 Å². The van der Waals surface area contributed by atoms with Crippen LogP contribution >= 0.6 is 11.8 Å². The summed E-state index contributed by atoms with van der Waals surface area (Å²) >= 11 is 1.36. The van der Waals surface area contributed by atoms with E-state index >= 15 is 0 Å². The van der Waals surface area contributed by atoms with Gasteiger partial charge in [-0.1, -0.05) is 55.5 Å². The number of methoxy groups -OCH3 is 1. The molecular formula is C23H26O7S. The first kappa shape index (κ1) is 23.3. The second kappa shape index (κ2) is 11.3. The highest BCUT2D eigenvalue weighted by atomic mass is 32.2. The number of carbonyl (C=O) groups excluding carboxylic acids is 2. The molecule has 0 saturated carbocycles. The Morgan fingerprint density at radius 3 is 2.29 bits per heavy atom. The molecule has 1 aliphatic heterocycles. The van der Waals surface area contributed by atoms with Gasteiger partial charge in [0.2, 0.25) is 0 Å². The van der Waals surface area contributed by atoms with Crippen molar-refractivity contribution < 1.29 is 33.6 Å². The molecule has 7 nitrogen and oxygen atoms in total. The molecule has 1 N–H and O–H groups in total. The van der Waals surface area contributed by atoms with Gasteiger partial charge in [-0.05, 0) is 23.4 Å². The first-order valence-corrected chi connectivity index (χ1v) is 11.0. The highest BCUT2D eigenvalue weighted by molar-refractivity contribution is 7.99. The van der Waals surface area contributed by atoms with Crippen LogP contribution in [-0.2, 0) is 30.3 Å². The Labute approximate surface area is 185 Å². The van der Waals surface area contributed by atoms with Crippen LogP contribution in [0.2, 0.25) is 0 Å². The van der Waals surface area contributed by atoms with Gasteiger partial charge >= 0.3 is 11.9 Å². The van der Waals surface area contributed by atoms with Crippen LogP contribution in [0.5, 0.6) is 0 Å². The van der Waals surface area contributed by atoms with Crippen LogP contribution in [0.4, 0.5) is 0 Å². The molecule has 0 radical (unpaired) electrons. The molecule has 2 aromatic carbocycles. The third-order valence-electron chi connectivity index (χ3n) is 4.82. The number of benzene rings is 2. The molecule has 1 aliphatic rings. The molecule has 0 amide bonds. The van der Waals surface area contributed by atoms with Gasteiger partial charge in [-0.25, -0.2) is 9.59 Å². The average molecular weight is 447 g/mol. The fourth-order valence-corrected chi connectivity index (χ4v) is 4.21. The van der Waals surface area contributed by atoms with Crippen molar-refractivity contribution in [2.45, 2.75) is 43.4 Å². The monoisotopic (exact) mass is 446 g/mol. The smallest absolute Gasteiger partial charge is 0.338 e. The van der Waals surface area contributed by atoms with E-state index in [2.05, 4.69) is 0 Å². The Balaban J connectivity index is 1.86. The van der Waals surface area contributed by atoms with Crippen molar-refractivity contribution in [1.29, 1.82) is 0 Å². The molecule has 3 rings (SSSR count). The molecular weight excluding hydrogens is 420 g/mol. The minimum atomic E-state index is -1.38. The number of rotatable bonds is 8. The zero-order valence-electron chi connectivity index (χ0n) is 17.4. The number of thioether (sulfide) groups is 1. The lowest BCUT2D eigenvalue weighted by Gasteiger charge is -2.42. The number of esters is 2. The number of ether oxygens (including phenoxy) is 4. The molecule has 2 aromatic rings. The maximum Gasteiger partial charge on any atom is 0.338 e. The Kier molecular flexibility index (Phi) is 8.48. The van der Waals surface area contributed by atoms with Crippen molar-refractivity contribution in [3.8, 4) is 0 Å². The van der Waals surface area contributed by atoms with Gasteiger partial charge in [0.25, 0.3) is 0 Å². The molecule has 8 heteroatoms. The van der Waals surface area contributed by atoms with Crippen LogP contribution in [0.3, 0.4) is 0 Å². The molecule has 1 fully saturated rings. The largest absolute Gasteiger partial charge is 0.467 e. The number of aliphatic hydroxyl groups excluding tert-OH is 1. The van der Waals surface area contributed by atoms with E-state index in [0.29, 0.717) is 11.3 Å². The van der Waals surface area contributed by atoms with Crippen molar-refractivity contribution in [2.75, 3.05) is 12.9 Å². The molecule has 0 aliphatic carbocycles. The van der Waals surface area contributed by atoms with Crippen LogP contribution in [0.25, 0.3) is 0 Å². The van der Waals surface area contributed by atoms with Gasteiger partial charge in [0, 0.05) is 0 Å². The summed E-state index contributed by atoms with van der Waals surface area (Å²) in [6, 6.07) is 17.9. The summed E-state index contributed by atoms with van der Waals surface area (Å²) in [6.45, 7) is 2.08. The van der Waals surface area contributed by atoms with Crippen molar-refractivity contribution in [2.24, 2.45) is 0 Å². The normalized spacial score (nSPS) is 25.6. The summed E-state index contributed by atoms with van der Waals surface area (Å²) < 4.78 is 22.3. The second-order valence-electron chi connectivity index (χ2n) is 6.89. The van der Waals surface area contributed by atoms with Crippen molar-refractivity contribution in [3.63, 3.8) is 0 Å². The Bertz CT molecular complexity index is 846. The van der Waals surface area contributed by atoms with Gasteiger partial charge in [0.1, 0.15) is 17.6 Å². The highest BCUT2D eigenvalue weighted by Gasteiger charge is 2.51. The van der Waals surface area contributed by atoms with Crippen LogP contribution in [0, 0.1) is 0 Å². The fourth-order valence-electron chi connectivity index (χ4n) is 3.28. The Morgan fingerprint density at radius 1 is 1.03 bits per heavy atom. The van der Waals surface area contributed by atoms with Crippen LogP contribution in [0.15, 0.2) is 60.7 Å². The maximum absolute atomic E-state index is 12.7. The molecule has 166 valence electrons. The van der Waals surface area contributed by atoms with E-state index in [0.717, 1.165) is 5.56 Å². The zero-order chi connectivity index (χ0) is 22.2. The summed E-state index contributed by atoms with van der Waals surface area (Å²) in [4.78, 5) is 25.0. The van der Waals surface area contributed by atoms with Crippen LogP contribution < -0.4 is 0 Å². The molecule has 0 aromatic heterocycles. The van der Waals surface area contributed by atoms with Gasteiger partial charge < -0.3 is 24.1 Å². The van der Waals surface area contributed by atoms with Gasteiger partial charge in [-0.2, -0.15) is 0 Å². The predicted octanol–water partition coefficient (Wildman–Crippen LogP) is 2.81. The highest BCUT2D eigenvalue weighted by Crippen LogP contribution is 2.33. The fraction of sp³-hybridized carbons (Fsp3) is 0.391. The number of carbonyl (C=O) groups is 2. The third kappa shape index (κ3) is 5.86. The summed E-state index contributed by atoms with van der Waals surface area (Å²) in [5.74, 6) is -0.636. The number of aliphatic hydroxyl groups is 1.